The Bertz CT molecular complexity index is 1040. The van der Waals surface area contributed by atoms with E-state index in [1.807, 2.05) is 6.07 Å². The lowest BCUT2D eigenvalue weighted by Crippen LogP contribution is -2.23. The van der Waals surface area contributed by atoms with Crippen LogP contribution in [0, 0.1) is 0 Å². The highest BCUT2D eigenvalue weighted by molar-refractivity contribution is 5.95. The van der Waals surface area contributed by atoms with Crippen LogP contribution >= 0.6 is 0 Å². The zero-order valence-electron chi connectivity index (χ0n) is 15.2. The smallest absolute Gasteiger partial charge is 0.143 e. The van der Waals surface area contributed by atoms with Gasteiger partial charge in [-0.15, -0.1) is 5.10 Å². The van der Waals surface area contributed by atoms with Gasteiger partial charge in [0, 0.05) is 30.2 Å². The fraction of sp³-hybridized carbons (Fsp3) is 0.286. The van der Waals surface area contributed by atoms with Crippen molar-refractivity contribution in [3.8, 4) is 16.8 Å². The van der Waals surface area contributed by atoms with Crippen LogP contribution in [-0.4, -0.2) is 49.3 Å². The summed E-state index contributed by atoms with van der Waals surface area (Å²) in [6.07, 6.45) is 6.52. The van der Waals surface area contributed by atoms with Gasteiger partial charge in [0.05, 0.1) is 5.69 Å². The van der Waals surface area contributed by atoms with Crippen molar-refractivity contribution in [3.63, 3.8) is 0 Å². The number of tetrazole rings is 1. The van der Waals surface area contributed by atoms with Gasteiger partial charge in [0.25, 0.3) is 0 Å². The quantitative estimate of drug-likeness (QED) is 0.549. The fourth-order valence-electron chi connectivity index (χ4n) is 4.02. The number of hydrogen-bond donors (Lipinski definition) is 0. The molecule has 27 heavy (non-hydrogen) atoms. The van der Waals surface area contributed by atoms with Crippen LogP contribution in [0.3, 0.4) is 0 Å². The van der Waals surface area contributed by atoms with Crippen molar-refractivity contribution in [2.24, 2.45) is 0 Å². The van der Waals surface area contributed by atoms with Crippen LogP contribution in [-0.2, 0) is 6.54 Å². The normalized spacial score (nSPS) is 15.0. The third kappa shape index (κ3) is 3.13. The largest absolute Gasteiger partial charge is 0.346 e. The lowest BCUT2D eigenvalue weighted by atomic mass is 10.0. The molecule has 0 spiro atoms. The number of benzene rings is 2. The van der Waals surface area contributed by atoms with Gasteiger partial charge in [-0.2, -0.15) is 0 Å². The maximum atomic E-state index is 4.00. The van der Waals surface area contributed by atoms with E-state index in [9.17, 15) is 0 Å². The summed E-state index contributed by atoms with van der Waals surface area (Å²) in [5.41, 5.74) is 4.66. The summed E-state index contributed by atoms with van der Waals surface area (Å²) in [6, 6.07) is 17.1. The van der Waals surface area contributed by atoms with Gasteiger partial charge in [0.15, 0.2) is 0 Å². The van der Waals surface area contributed by atoms with Crippen molar-refractivity contribution in [2.75, 3.05) is 19.6 Å². The molecule has 4 aromatic rings. The molecule has 0 N–H and O–H groups in total. The van der Waals surface area contributed by atoms with Gasteiger partial charge in [-0.05, 0) is 71.8 Å². The Morgan fingerprint density at radius 2 is 1.81 bits per heavy atom. The molecule has 2 aromatic carbocycles. The van der Waals surface area contributed by atoms with Crippen molar-refractivity contribution in [2.45, 2.75) is 19.4 Å². The van der Waals surface area contributed by atoms with Gasteiger partial charge < -0.3 is 9.47 Å². The number of hydrogen-bond acceptors (Lipinski definition) is 4. The van der Waals surface area contributed by atoms with E-state index < -0.39 is 0 Å². The minimum atomic E-state index is 0.961. The van der Waals surface area contributed by atoms with E-state index in [1.165, 1.54) is 48.0 Å². The third-order valence-electron chi connectivity index (χ3n) is 5.44. The second kappa shape index (κ2) is 6.96. The van der Waals surface area contributed by atoms with E-state index in [0.29, 0.717) is 0 Å². The van der Waals surface area contributed by atoms with E-state index in [4.69, 9.17) is 0 Å². The minimum Gasteiger partial charge on any atom is -0.346 e. The molecule has 2 aromatic heterocycles. The predicted molar refractivity (Wildman–Crippen MR) is 106 cm³/mol. The van der Waals surface area contributed by atoms with Crippen molar-refractivity contribution < 1.29 is 0 Å². The maximum absolute atomic E-state index is 4.00. The van der Waals surface area contributed by atoms with Crippen LogP contribution in [0.5, 0.6) is 0 Å². The first-order valence-electron chi connectivity index (χ1n) is 9.52. The van der Waals surface area contributed by atoms with Crippen molar-refractivity contribution in [3.05, 3.63) is 61.1 Å². The molecule has 5 rings (SSSR count). The van der Waals surface area contributed by atoms with Crippen LogP contribution in [0.25, 0.3) is 27.7 Å². The van der Waals surface area contributed by atoms with Crippen LogP contribution in [0.1, 0.15) is 12.8 Å². The molecule has 1 saturated heterocycles. The molecule has 136 valence electrons. The molecule has 3 heterocycles. The van der Waals surface area contributed by atoms with Crippen LogP contribution in [0.4, 0.5) is 0 Å². The molecule has 1 aliphatic heterocycles. The van der Waals surface area contributed by atoms with Gasteiger partial charge in [-0.3, -0.25) is 0 Å². The number of aromatic nitrogens is 5. The van der Waals surface area contributed by atoms with E-state index >= 15 is 0 Å². The Morgan fingerprint density at radius 1 is 0.926 bits per heavy atom. The van der Waals surface area contributed by atoms with E-state index in [2.05, 4.69) is 73.7 Å². The second-order valence-electron chi connectivity index (χ2n) is 7.10. The molecule has 0 amide bonds. The summed E-state index contributed by atoms with van der Waals surface area (Å²) in [5, 5.41) is 12.7. The summed E-state index contributed by atoms with van der Waals surface area (Å²) >= 11 is 0. The Hall–Kier alpha value is -2.99. The molecule has 0 bridgehead atoms. The Morgan fingerprint density at radius 3 is 2.67 bits per heavy atom. The van der Waals surface area contributed by atoms with E-state index in [-0.39, 0.29) is 0 Å². The SMILES string of the molecule is c1cc(-c2cccc3c2ccn3CCN2CCCC2)cc(-n2cnnn2)c1. The lowest BCUT2D eigenvalue weighted by Gasteiger charge is -2.15. The molecular formula is C21H22N6. The molecule has 0 unspecified atom stereocenters. The molecule has 0 aliphatic carbocycles. The zero-order chi connectivity index (χ0) is 18.1. The van der Waals surface area contributed by atoms with E-state index in [1.54, 1.807) is 11.0 Å². The fourth-order valence-corrected chi connectivity index (χ4v) is 4.02. The zero-order valence-corrected chi connectivity index (χ0v) is 15.2. The standard InChI is InChI=1S/C21H22N6/c1-2-11-25(10-1)13-14-26-12-9-20-19(7-4-8-21(20)26)17-5-3-6-18(15-17)27-16-22-23-24-27/h3-9,12,15-16H,1-2,10-11,13-14H2. The molecule has 6 nitrogen and oxygen atoms in total. The minimum absolute atomic E-state index is 0.961. The topological polar surface area (TPSA) is 51.8 Å². The first-order valence-corrected chi connectivity index (χ1v) is 9.52. The first-order chi connectivity index (χ1) is 13.4. The highest BCUT2D eigenvalue weighted by Gasteiger charge is 2.13. The molecule has 1 aliphatic rings. The first kappa shape index (κ1) is 16.2. The number of likely N-dealkylation sites (tertiary alicyclic amines) is 1. The predicted octanol–water partition coefficient (Wildman–Crippen LogP) is 3.38. The summed E-state index contributed by atoms with van der Waals surface area (Å²) in [7, 11) is 0. The van der Waals surface area contributed by atoms with Crippen molar-refractivity contribution in [1.29, 1.82) is 0 Å². The lowest BCUT2D eigenvalue weighted by molar-refractivity contribution is 0.324. The van der Waals surface area contributed by atoms with Crippen LogP contribution in [0.2, 0.25) is 0 Å². The average Bonchev–Trinajstić information content (AvgIpc) is 3.48. The van der Waals surface area contributed by atoms with Crippen molar-refractivity contribution in [1.82, 2.24) is 29.7 Å². The second-order valence-corrected chi connectivity index (χ2v) is 7.10. The maximum Gasteiger partial charge on any atom is 0.143 e. The molecule has 0 atom stereocenters. The molecule has 1 fully saturated rings. The van der Waals surface area contributed by atoms with Crippen LogP contribution < -0.4 is 0 Å². The van der Waals surface area contributed by atoms with Gasteiger partial charge in [0.1, 0.15) is 6.33 Å². The van der Waals surface area contributed by atoms with Gasteiger partial charge >= 0.3 is 0 Å². The summed E-state index contributed by atoms with van der Waals surface area (Å²) in [6.45, 7) is 4.66. The molecule has 6 heteroatoms. The van der Waals surface area contributed by atoms with Gasteiger partial charge in [-0.25, -0.2) is 4.68 Å². The van der Waals surface area contributed by atoms with Crippen molar-refractivity contribution >= 4 is 10.9 Å². The average molecular weight is 358 g/mol. The summed E-state index contributed by atoms with van der Waals surface area (Å²) in [4.78, 5) is 2.56. The molecular weight excluding hydrogens is 336 g/mol. The molecule has 0 radical (unpaired) electrons. The van der Waals surface area contributed by atoms with Gasteiger partial charge in [0.2, 0.25) is 0 Å². The van der Waals surface area contributed by atoms with Crippen LogP contribution in [0.15, 0.2) is 61.1 Å². The summed E-state index contributed by atoms with van der Waals surface area (Å²) in [5.74, 6) is 0. The number of rotatable bonds is 5. The Kier molecular flexibility index (Phi) is 4.18. The number of nitrogens with zero attached hydrogens (tertiary/aromatic N) is 6. The Balaban J connectivity index is 1.48. The number of fused-ring (bicyclic) bond motifs is 1. The van der Waals surface area contributed by atoms with Gasteiger partial charge in [-0.1, -0.05) is 24.3 Å². The van der Waals surface area contributed by atoms with E-state index in [0.717, 1.165) is 18.8 Å². The monoisotopic (exact) mass is 358 g/mol. The Labute approximate surface area is 158 Å². The molecule has 0 saturated carbocycles. The highest BCUT2D eigenvalue weighted by Crippen LogP contribution is 2.30. The third-order valence-corrected chi connectivity index (χ3v) is 5.44. The summed E-state index contributed by atoms with van der Waals surface area (Å²) < 4.78 is 4.06. The highest BCUT2D eigenvalue weighted by atomic mass is 15.5.